The van der Waals surface area contributed by atoms with Crippen LogP contribution in [-0.2, 0) is 11.3 Å². The summed E-state index contributed by atoms with van der Waals surface area (Å²) >= 11 is 1.46. The van der Waals surface area contributed by atoms with Crippen LogP contribution < -0.4 is 20.3 Å². The van der Waals surface area contributed by atoms with Crippen molar-refractivity contribution in [1.82, 2.24) is 10.3 Å². The molecule has 1 aromatic heterocycles. The molecule has 1 heterocycles. The van der Waals surface area contributed by atoms with Crippen LogP contribution in [0.1, 0.15) is 35.7 Å². The number of aromatic nitrogens is 1. The zero-order chi connectivity index (χ0) is 25.1. The van der Waals surface area contributed by atoms with E-state index < -0.39 is 7.12 Å². The Labute approximate surface area is 206 Å². The summed E-state index contributed by atoms with van der Waals surface area (Å²) in [6.45, 7) is 2.23. The average molecular weight is 494 g/mol. The first-order chi connectivity index (χ1) is 16.8. The van der Waals surface area contributed by atoms with Gasteiger partial charge in [-0.1, -0.05) is 6.07 Å². The van der Waals surface area contributed by atoms with E-state index in [4.69, 9.17) is 9.47 Å². The van der Waals surface area contributed by atoms with E-state index in [0.29, 0.717) is 17.7 Å². The Morgan fingerprint density at radius 1 is 1.17 bits per heavy atom. The molecular weight excluding hydrogens is 470 g/mol. The van der Waals surface area contributed by atoms with Crippen molar-refractivity contribution in [3.05, 3.63) is 75.0 Å². The number of nitrogens with zero attached hydrogens (tertiary/aromatic N) is 1. The topological polar surface area (TPSA) is 101 Å². The second-order valence-electron chi connectivity index (χ2n) is 8.00. The largest absolute Gasteiger partial charge is 0.497 e. The van der Waals surface area contributed by atoms with Crippen LogP contribution in [0.3, 0.4) is 0 Å². The van der Waals surface area contributed by atoms with Crippen LogP contribution in [0.5, 0.6) is 11.5 Å². The Balaban J connectivity index is 1.72. The van der Waals surface area contributed by atoms with Crippen molar-refractivity contribution in [3.8, 4) is 11.5 Å². The number of nitrogens with one attached hydrogen (secondary N) is 1. The van der Waals surface area contributed by atoms with Crippen molar-refractivity contribution in [3.63, 3.8) is 0 Å². The van der Waals surface area contributed by atoms with Gasteiger partial charge in [0.05, 0.1) is 43.9 Å². The minimum absolute atomic E-state index is 0.0893. The van der Waals surface area contributed by atoms with Crippen molar-refractivity contribution in [2.75, 3.05) is 14.2 Å². The maximum Gasteiger partial charge on any atom is 0.496 e. The number of carbonyl (C=O) groups excluding carboxylic acids is 1. The fraction of sp³-hybridized carbons (Fsp3) is 0.200. The molecular formula is C25H24BFN2O5S. The van der Waals surface area contributed by atoms with E-state index in [1.165, 1.54) is 37.7 Å². The highest BCUT2D eigenvalue weighted by atomic mass is 32.1. The summed E-state index contributed by atoms with van der Waals surface area (Å²) < 4.78 is 24.9. The molecule has 3 N–H and O–H groups in total. The van der Waals surface area contributed by atoms with Crippen molar-refractivity contribution < 1.29 is 28.7 Å². The molecule has 0 unspecified atom stereocenters. The van der Waals surface area contributed by atoms with E-state index >= 15 is 0 Å². The van der Waals surface area contributed by atoms with Crippen LogP contribution in [-0.4, -0.2) is 42.3 Å². The van der Waals surface area contributed by atoms with Gasteiger partial charge in [-0.15, -0.1) is 11.3 Å². The molecule has 0 atom stereocenters. The Bertz CT molecular complexity index is 1300. The number of rotatable bonds is 8. The maximum absolute atomic E-state index is 14.2. The summed E-state index contributed by atoms with van der Waals surface area (Å²) in [4.78, 5) is 16.9. The number of amides is 1. The predicted molar refractivity (Wildman–Crippen MR) is 135 cm³/mol. The second kappa shape index (κ2) is 10.4. The van der Waals surface area contributed by atoms with E-state index in [2.05, 4.69) is 10.3 Å². The van der Waals surface area contributed by atoms with Gasteiger partial charge < -0.3 is 24.8 Å². The Morgan fingerprint density at radius 2 is 1.89 bits per heavy atom. The van der Waals surface area contributed by atoms with Gasteiger partial charge >= 0.3 is 7.12 Å². The lowest BCUT2D eigenvalue weighted by Gasteiger charge is -2.14. The molecule has 4 rings (SSSR count). The van der Waals surface area contributed by atoms with E-state index in [1.54, 1.807) is 23.7 Å². The van der Waals surface area contributed by atoms with Crippen molar-refractivity contribution in [2.24, 2.45) is 0 Å². The number of allylic oxidation sites excluding steroid dienone is 2. The number of carbonyl (C=O) groups is 1. The molecule has 3 aromatic rings. The average Bonchev–Trinajstić information content (AvgIpc) is 3.44. The van der Waals surface area contributed by atoms with E-state index in [9.17, 15) is 19.2 Å². The van der Waals surface area contributed by atoms with Crippen molar-refractivity contribution >= 4 is 47.0 Å². The van der Waals surface area contributed by atoms with Crippen molar-refractivity contribution in [1.29, 1.82) is 0 Å². The molecule has 0 aliphatic heterocycles. The fourth-order valence-corrected chi connectivity index (χ4v) is 4.74. The van der Waals surface area contributed by atoms with E-state index in [-0.39, 0.29) is 35.1 Å². The Hall–Kier alpha value is -3.47. The van der Waals surface area contributed by atoms with E-state index in [0.717, 1.165) is 28.0 Å². The smallest absolute Gasteiger partial charge is 0.496 e. The fourth-order valence-electron chi connectivity index (χ4n) is 4.18. The number of halogens is 1. The maximum atomic E-state index is 14.2. The molecule has 1 amide bonds. The molecule has 10 heteroatoms. The Morgan fingerprint density at radius 3 is 2.49 bits per heavy atom. The molecule has 0 bridgehead atoms. The number of fused-ring (bicyclic) bond motifs is 1. The zero-order valence-corrected chi connectivity index (χ0v) is 20.3. The van der Waals surface area contributed by atoms with Crippen LogP contribution in [0.4, 0.5) is 4.39 Å². The third-order valence-electron chi connectivity index (χ3n) is 5.88. The van der Waals surface area contributed by atoms with Gasteiger partial charge in [-0.05, 0) is 70.7 Å². The molecule has 1 aliphatic rings. The lowest BCUT2D eigenvalue weighted by Crippen LogP contribution is -2.32. The number of thiazole rings is 1. The molecule has 7 nitrogen and oxygen atoms in total. The van der Waals surface area contributed by atoms with Crippen LogP contribution in [0.2, 0.25) is 0 Å². The number of benzene rings is 2. The molecule has 180 valence electrons. The molecule has 0 fully saturated rings. The predicted octanol–water partition coefficient (Wildman–Crippen LogP) is 3.01. The molecule has 0 saturated carbocycles. The standard InChI is InChI=1S/C25H24BFN2O5S/c1-14-19(6-15-7-22(33-2)25(26(31)32)23(8-15)34-3)18-5-4-16(27)9-21(18)20(14)10-24(30)28-11-17-12-35-13-29-17/h4-9,12-13,31-32H,10-11H2,1-3H3,(H,28,30)/b19-6-. The highest BCUT2D eigenvalue weighted by molar-refractivity contribution is 7.07. The van der Waals surface area contributed by atoms with Gasteiger partial charge in [-0.3, -0.25) is 4.79 Å². The summed E-state index contributed by atoms with van der Waals surface area (Å²) in [7, 11) is 1.09. The van der Waals surface area contributed by atoms with Crippen LogP contribution in [0, 0.1) is 5.82 Å². The van der Waals surface area contributed by atoms with Crippen LogP contribution in [0.25, 0.3) is 17.2 Å². The van der Waals surface area contributed by atoms with Gasteiger partial charge in [0, 0.05) is 5.38 Å². The first kappa shape index (κ1) is 24.7. The minimum Gasteiger partial charge on any atom is -0.497 e. The summed E-state index contributed by atoms with van der Waals surface area (Å²) in [6.07, 6.45) is 1.97. The number of methoxy groups -OCH3 is 2. The van der Waals surface area contributed by atoms with Gasteiger partial charge in [0.1, 0.15) is 17.3 Å². The highest BCUT2D eigenvalue weighted by Gasteiger charge is 2.27. The number of ether oxygens (including phenoxy) is 2. The SMILES string of the molecule is COc1cc(/C=C2/C(C)=C(CC(=O)NCc3cscn3)c3cc(F)ccc32)cc(OC)c1B(O)O. The molecule has 0 spiro atoms. The number of hydrogen-bond donors (Lipinski definition) is 3. The molecule has 35 heavy (non-hydrogen) atoms. The van der Waals surface area contributed by atoms with Crippen molar-refractivity contribution in [2.45, 2.75) is 19.9 Å². The minimum atomic E-state index is -1.77. The van der Waals surface area contributed by atoms with Gasteiger partial charge in [-0.2, -0.15) is 0 Å². The zero-order valence-electron chi connectivity index (χ0n) is 19.5. The van der Waals surface area contributed by atoms with Gasteiger partial charge in [-0.25, -0.2) is 9.37 Å². The number of hydrogen-bond acceptors (Lipinski definition) is 7. The molecule has 0 saturated heterocycles. The molecule has 1 aliphatic carbocycles. The lowest BCUT2D eigenvalue weighted by molar-refractivity contribution is -0.120. The normalized spacial score (nSPS) is 13.7. The first-order valence-electron chi connectivity index (χ1n) is 10.8. The lowest BCUT2D eigenvalue weighted by atomic mass is 9.78. The van der Waals surface area contributed by atoms with Crippen LogP contribution in [0.15, 0.2) is 46.8 Å². The van der Waals surface area contributed by atoms with Crippen LogP contribution >= 0.6 is 11.3 Å². The van der Waals surface area contributed by atoms with Gasteiger partial charge in [0.2, 0.25) is 5.91 Å². The summed E-state index contributed by atoms with van der Waals surface area (Å²) in [5, 5.41) is 24.2. The highest BCUT2D eigenvalue weighted by Crippen LogP contribution is 2.44. The second-order valence-corrected chi connectivity index (χ2v) is 8.72. The third-order valence-corrected chi connectivity index (χ3v) is 6.51. The quantitative estimate of drug-likeness (QED) is 0.417. The monoisotopic (exact) mass is 494 g/mol. The molecule has 0 radical (unpaired) electrons. The third kappa shape index (κ3) is 5.14. The summed E-state index contributed by atoms with van der Waals surface area (Å²) in [6, 6.07) is 7.85. The first-order valence-corrected chi connectivity index (χ1v) is 11.7. The van der Waals surface area contributed by atoms with Gasteiger partial charge in [0.25, 0.3) is 0 Å². The summed E-state index contributed by atoms with van der Waals surface area (Å²) in [5.74, 6) is -0.0603. The van der Waals surface area contributed by atoms with E-state index in [1.807, 2.05) is 18.4 Å². The molecule has 2 aromatic carbocycles. The Kier molecular flexibility index (Phi) is 7.35. The summed E-state index contributed by atoms with van der Waals surface area (Å²) in [5.41, 5.74) is 7.17. The van der Waals surface area contributed by atoms with Gasteiger partial charge in [0.15, 0.2) is 0 Å².